The summed E-state index contributed by atoms with van der Waals surface area (Å²) in [5.41, 5.74) is 0.818. The Labute approximate surface area is 113 Å². The first kappa shape index (κ1) is 14.1. The summed E-state index contributed by atoms with van der Waals surface area (Å²) in [7, 11) is 0. The highest BCUT2D eigenvalue weighted by Gasteiger charge is 2.28. The number of hydrogen-bond donors (Lipinski definition) is 1. The van der Waals surface area contributed by atoms with Crippen LogP contribution in [0.5, 0.6) is 11.5 Å². The second-order valence-electron chi connectivity index (χ2n) is 5.59. The molecular weight excluding hydrogens is 247 g/mol. The number of aliphatic hydroxyl groups is 1. The van der Waals surface area contributed by atoms with Crippen molar-refractivity contribution >= 4 is 0 Å². The van der Waals surface area contributed by atoms with Crippen LogP contribution < -0.4 is 9.47 Å². The average molecular weight is 268 g/mol. The van der Waals surface area contributed by atoms with Crippen LogP contribution in [-0.4, -0.2) is 24.9 Å². The lowest BCUT2D eigenvalue weighted by molar-refractivity contribution is 0.215. The van der Waals surface area contributed by atoms with Crippen LogP contribution >= 0.6 is 0 Å². The van der Waals surface area contributed by atoms with Crippen LogP contribution in [-0.2, 0) is 5.41 Å². The van der Waals surface area contributed by atoms with Crippen LogP contribution in [0.1, 0.15) is 44.5 Å². The van der Waals surface area contributed by atoms with Crippen molar-refractivity contribution < 1.29 is 19.0 Å². The Morgan fingerprint density at radius 3 is 2.37 bits per heavy atom. The lowest BCUT2D eigenvalue weighted by atomic mass is 9.81. The summed E-state index contributed by atoms with van der Waals surface area (Å²) >= 11 is 0. The first-order valence-electron chi connectivity index (χ1n) is 6.64. The number of halogens is 1. The van der Waals surface area contributed by atoms with Crippen molar-refractivity contribution in [1.82, 2.24) is 0 Å². The minimum absolute atomic E-state index is 0.0492. The number of rotatable bonds is 3. The van der Waals surface area contributed by atoms with E-state index in [4.69, 9.17) is 9.47 Å². The fourth-order valence-corrected chi connectivity index (χ4v) is 2.22. The minimum atomic E-state index is -1.11. The molecule has 1 aromatic rings. The van der Waals surface area contributed by atoms with Gasteiger partial charge in [0.1, 0.15) is 6.17 Å². The molecule has 0 aromatic heterocycles. The van der Waals surface area contributed by atoms with Crippen molar-refractivity contribution in [3.63, 3.8) is 0 Å². The molecule has 0 amide bonds. The maximum absolute atomic E-state index is 13.9. The number of alkyl halides is 1. The molecule has 1 N–H and O–H groups in total. The molecule has 0 fully saturated rings. The topological polar surface area (TPSA) is 38.7 Å². The quantitative estimate of drug-likeness (QED) is 0.915. The number of hydrogen-bond acceptors (Lipinski definition) is 3. The van der Waals surface area contributed by atoms with Crippen molar-refractivity contribution in [1.29, 1.82) is 0 Å². The molecule has 1 aliphatic rings. The Bertz CT molecular complexity index is 455. The van der Waals surface area contributed by atoms with Gasteiger partial charge in [0, 0.05) is 11.8 Å². The first-order valence-corrected chi connectivity index (χ1v) is 6.64. The molecule has 1 unspecified atom stereocenters. The lowest BCUT2D eigenvalue weighted by Crippen LogP contribution is -2.24. The SMILES string of the molecule is CC(F)c1cc2c(cc1C(C)(C)CO)OCCCO2. The second-order valence-corrected chi connectivity index (χ2v) is 5.59. The van der Waals surface area contributed by atoms with E-state index in [0.29, 0.717) is 30.3 Å². The number of ether oxygens (including phenoxy) is 2. The summed E-state index contributed by atoms with van der Waals surface area (Å²) in [5, 5.41) is 9.52. The molecule has 106 valence electrons. The highest BCUT2D eigenvalue weighted by Crippen LogP contribution is 2.40. The van der Waals surface area contributed by atoms with Gasteiger partial charge >= 0.3 is 0 Å². The van der Waals surface area contributed by atoms with Crippen LogP contribution in [0, 0.1) is 0 Å². The van der Waals surface area contributed by atoms with Gasteiger partial charge in [-0.3, -0.25) is 0 Å². The molecule has 4 heteroatoms. The van der Waals surface area contributed by atoms with E-state index in [0.717, 1.165) is 12.0 Å². The summed E-state index contributed by atoms with van der Waals surface area (Å²) in [5.74, 6) is 1.23. The summed E-state index contributed by atoms with van der Waals surface area (Å²) in [4.78, 5) is 0. The molecule has 3 nitrogen and oxygen atoms in total. The van der Waals surface area contributed by atoms with Gasteiger partial charge in [0.25, 0.3) is 0 Å². The van der Waals surface area contributed by atoms with Gasteiger partial charge in [0.05, 0.1) is 19.8 Å². The Morgan fingerprint density at radius 1 is 1.26 bits per heavy atom. The van der Waals surface area contributed by atoms with Crippen molar-refractivity contribution in [3.8, 4) is 11.5 Å². The van der Waals surface area contributed by atoms with Crippen molar-refractivity contribution in [2.75, 3.05) is 19.8 Å². The Hall–Kier alpha value is -1.29. The molecule has 1 aliphatic heterocycles. The second kappa shape index (κ2) is 5.37. The molecule has 0 spiro atoms. The van der Waals surface area contributed by atoms with Gasteiger partial charge in [-0.1, -0.05) is 13.8 Å². The van der Waals surface area contributed by atoms with Gasteiger partial charge in [0.2, 0.25) is 0 Å². The van der Waals surface area contributed by atoms with Gasteiger partial charge in [-0.15, -0.1) is 0 Å². The van der Waals surface area contributed by atoms with Gasteiger partial charge in [-0.05, 0) is 30.2 Å². The molecular formula is C15H21FO3. The predicted molar refractivity (Wildman–Crippen MR) is 71.7 cm³/mol. The fourth-order valence-electron chi connectivity index (χ4n) is 2.22. The zero-order valence-electron chi connectivity index (χ0n) is 11.7. The van der Waals surface area contributed by atoms with Crippen molar-refractivity contribution in [2.45, 2.75) is 38.8 Å². The number of aliphatic hydroxyl groups excluding tert-OH is 1. The maximum atomic E-state index is 13.9. The van der Waals surface area contributed by atoms with Crippen molar-refractivity contribution in [3.05, 3.63) is 23.3 Å². The van der Waals surface area contributed by atoms with E-state index < -0.39 is 11.6 Å². The molecule has 0 saturated heterocycles. The van der Waals surface area contributed by atoms with Crippen LogP contribution in [0.3, 0.4) is 0 Å². The zero-order valence-corrected chi connectivity index (χ0v) is 11.7. The van der Waals surface area contributed by atoms with Gasteiger partial charge in [0.15, 0.2) is 11.5 Å². The fraction of sp³-hybridized carbons (Fsp3) is 0.600. The monoisotopic (exact) mass is 268 g/mol. The molecule has 1 atom stereocenters. The molecule has 0 radical (unpaired) electrons. The van der Waals surface area contributed by atoms with E-state index in [9.17, 15) is 9.50 Å². The summed E-state index contributed by atoms with van der Waals surface area (Å²) in [6, 6.07) is 3.51. The third-order valence-electron chi connectivity index (χ3n) is 3.47. The smallest absolute Gasteiger partial charge is 0.161 e. The molecule has 0 saturated carbocycles. The highest BCUT2D eigenvalue weighted by atomic mass is 19.1. The van der Waals surface area contributed by atoms with Gasteiger partial charge in [-0.25, -0.2) is 4.39 Å². The Balaban J connectivity index is 2.55. The van der Waals surface area contributed by atoms with E-state index in [-0.39, 0.29) is 6.61 Å². The third-order valence-corrected chi connectivity index (χ3v) is 3.47. The van der Waals surface area contributed by atoms with Crippen LogP contribution in [0.2, 0.25) is 0 Å². The average Bonchev–Trinajstić information content (AvgIpc) is 2.61. The largest absolute Gasteiger partial charge is 0.490 e. The van der Waals surface area contributed by atoms with E-state index in [1.807, 2.05) is 19.9 Å². The summed E-state index contributed by atoms with van der Waals surface area (Å²) in [6.07, 6.45) is -0.300. The molecule has 1 aromatic carbocycles. The van der Waals surface area contributed by atoms with Crippen LogP contribution in [0.4, 0.5) is 4.39 Å². The van der Waals surface area contributed by atoms with Crippen molar-refractivity contribution in [2.24, 2.45) is 0 Å². The summed E-state index contributed by atoms with van der Waals surface area (Å²) in [6.45, 7) is 6.39. The highest BCUT2D eigenvalue weighted by molar-refractivity contribution is 5.50. The van der Waals surface area contributed by atoms with Crippen LogP contribution in [0.15, 0.2) is 12.1 Å². The molecule has 2 rings (SSSR count). The van der Waals surface area contributed by atoms with E-state index in [2.05, 4.69) is 0 Å². The maximum Gasteiger partial charge on any atom is 0.161 e. The zero-order chi connectivity index (χ0) is 14.0. The molecule has 0 bridgehead atoms. The van der Waals surface area contributed by atoms with E-state index in [1.54, 1.807) is 6.07 Å². The number of fused-ring (bicyclic) bond motifs is 1. The molecule has 0 aliphatic carbocycles. The lowest BCUT2D eigenvalue weighted by Gasteiger charge is -2.27. The Morgan fingerprint density at radius 2 is 1.84 bits per heavy atom. The standard InChI is InChI=1S/C15H21FO3/c1-10(16)11-7-13-14(19-6-4-5-18-13)8-12(11)15(2,3)9-17/h7-8,10,17H,4-6,9H2,1-3H3. The Kier molecular flexibility index (Phi) is 3.99. The third kappa shape index (κ3) is 2.84. The summed E-state index contributed by atoms with van der Waals surface area (Å²) < 4.78 is 25.1. The van der Waals surface area contributed by atoms with E-state index in [1.165, 1.54) is 6.92 Å². The minimum Gasteiger partial charge on any atom is -0.490 e. The van der Waals surface area contributed by atoms with Gasteiger partial charge in [-0.2, -0.15) is 0 Å². The van der Waals surface area contributed by atoms with Crippen LogP contribution in [0.25, 0.3) is 0 Å². The number of benzene rings is 1. The normalized spacial score (nSPS) is 16.9. The molecule has 19 heavy (non-hydrogen) atoms. The first-order chi connectivity index (χ1) is 8.95. The van der Waals surface area contributed by atoms with E-state index >= 15 is 0 Å². The molecule has 1 heterocycles. The van der Waals surface area contributed by atoms with Gasteiger partial charge < -0.3 is 14.6 Å². The predicted octanol–water partition coefficient (Wildman–Crippen LogP) is 3.15.